The summed E-state index contributed by atoms with van der Waals surface area (Å²) in [5.41, 5.74) is -2.41. The molecule has 0 atom stereocenters. The van der Waals surface area contributed by atoms with Crippen molar-refractivity contribution >= 4 is 27.5 Å². The Morgan fingerprint density at radius 1 is 1.08 bits per heavy atom. The fraction of sp³-hybridized carbons (Fsp3) is 0. The van der Waals surface area contributed by atoms with Gasteiger partial charge in [-0.05, 0) is 6.07 Å². The minimum absolute atomic E-state index is 0.00595. The molecular weight excluding hydrogens is 340 g/mol. The molecule has 2 aromatic carbocycles. The predicted octanol–water partition coefficient (Wildman–Crippen LogP) is 1.17. The van der Waals surface area contributed by atoms with Crippen molar-refractivity contribution in [3.05, 3.63) is 69.3 Å². The summed E-state index contributed by atoms with van der Waals surface area (Å²) in [6.45, 7) is 0. The number of ketones is 1. The van der Waals surface area contributed by atoms with Gasteiger partial charge in [-0.25, -0.2) is 18.4 Å². The van der Waals surface area contributed by atoms with Gasteiger partial charge < -0.3 is 5.11 Å². The Morgan fingerprint density at radius 3 is 2.12 bits per heavy atom. The molecule has 0 unspecified atom stereocenters. The van der Waals surface area contributed by atoms with Crippen LogP contribution in [0.25, 0.3) is 0 Å². The van der Waals surface area contributed by atoms with Gasteiger partial charge in [0.15, 0.2) is 0 Å². The fourth-order valence-electron chi connectivity index (χ4n) is 2.05. The van der Waals surface area contributed by atoms with Gasteiger partial charge in [0.1, 0.15) is 10.5 Å². The number of nitro groups is 1. The summed E-state index contributed by atoms with van der Waals surface area (Å²) in [5, 5.41) is 25.2. The lowest BCUT2D eigenvalue weighted by Gasteiger charge is -2.09. The standard InChI is InChI=1S/C14H10N2O7S/c15-24(22,23)11-7-9(14(18)19)6-10(16(20)21)12(11)13(17)8-4-2-1-3-5-8/h1-7H,(H,18,19)(H2,15,22,23). The van der Waals surface area contributed by atoms with Crippen LogP contribution in [0.1, 0.15) is 26.3 Å². The molecule has 0 fully saturated rings. The first-order valence-electron chi connectivity index (χ1n) is 6.31. The highest BCUT2D eigenvalue weighted by Crippen LogP contribution is 2.30. The van der Waals surface area contributed by atoms with E-state index in [1.54, 1.807) is 6.07 Å². The Morgan fingerprint density at radius 2 is 1.67 bits per heavy atom. The number of carbonyl (C=O) groups is 2. The summed E-state index contributed by atoms with van der Waals surface area (Å²) in [6, 6.07) is 8.49. The second-order valence-electron chi connectivity index (χ2n) is 4.67. The van der Waals surface area contributed by atoms with Crippen LogP contribution in [-0.4, -0.2) is 30.2 Å². The van der Waals surface area contributed by atoms with Crippen LogP contribution in [0.2, 0.25) is 0 Å². The SMILES string of the molecule is NS(=O)(=O)c1cc(C(=O)O)cc([N+](=O)[O-])c1C(=O)c1ccccc1. The van der Waals surface area contributed by atoms with Gasteiger partial charge in [0.25, 0.3) is 5.69 Å². The number of rotatable bonds is 5. The van der Waals surface area contributed by atoms with E-state index in [1.807, 2.05) is 0 Å². The number of carbonyl (C=O) groups excluding carboxylic acids is 1. The highest BCUT2D eigenvalue weighted by Gasteiger charge is 2.32. The quantitative estimate of drug-likeness (QED) is 0.465. The molecule has 0 amide bonds. The number of nitro benzene ring substituents is 1. The van der Waals surface area contributed by atoms with Crippen LogP contribution in [0.4, 0.5) is 5.69 Å². The summed E-state index contributed by atoms with van der Waals surface area (Å²) < 4.78 is 23.5. The first kappa shape index (κ1) is 17.2. The minimum Gasteiger partial charge on any atom is -0.478 e. The average Bonchev–Trinajstić information content (AvgIpc) is 2.52. The molecule has 0 aliphatic heterocycles. The number of nitrogens with zero attached hydrogens (tertiary/aromatic N) is 1. The van der Waals surface area contributed by atoms with Crippen LogP contribution in [0.15, 0.2) is 47.4 Å². The lowest BCUT2D eigenvalue weighted by atomic mass is 10.00. The normalized spacial score (nSPS) is 11.0. The van der Waals surface area contributed by atoms with Crippen LogP contribution < -0.4 is 5.14 Å². The molecule has 0 saturated carbocycles. The molecule has 24 heavy (non-hydrogen) atoms. The summed E-state index contributed by atoms with van der Waals surface area (Å²) in [7, 11) is -4.59. The van der Waals surface area contributed by atoms with E-state index in [4.69, 9.17) is 10.2 Å². The van der Waals surface area contributed by atoms with Crippen LogP contribution in [0.5, 0.6) is 0 Å². The number of primary sulfonamides is 1. The number of carboxylic acid groups (broad SMARTS) is 1. The Labute approximate surface area is 135 Å². The molecule has 3 N–H and O–H groups in total. The van der Waals surface area contributed by atoms with Crippen molar-refractivity contribution in [3.8, 4) is 0 Å². The molecule has 0 spiro atoms. The second kappa shape index (κ2) is 6.18. The number of nitrogens with two attached hydrogens (primary N) is 1. The molecular formula is C14H10N2O7S. The Bertz CT molecular complexity index is 953. The van der Waals surface area contributed by atoms with Crippen molar-refractivity contribution in [2.45, 2.75) is 4.90 Å². The van der Waals surface area contributed by atoms with Gasteiger partial charge >= 0.3 is 5.97 Å². The minimum atomic E-state index is -4.59. The summed E-state index contributed by atoms with van der Waals surface area (Å²) in [5.74, 6) is -2.55. The number of aromatic carboxylic acids is 1. The highest BCUT2D eigenvalue weighted by atomic mass is 32.2. The molecule has 0 aromatic heterocycles. The van der Waals surface area contributed by atoms with Crippen molar-refractivity contribution in [2.24, 2.45) is 5.14 Å². The third-order valence-corrected chi connectivity index (χ3v) is 4.03. The number of hydrogen-bond acceptors (Lipinski definition) is 6. The van der Waals surface area contributed by atoms with Crippen molar-refractivity contribution in [2.75, 3.05) is 0 Å². The zero-order valence-corrected chi connectivity index (χ0v) is 12.7. The Hall–Kier alpha value is -3.11. The highest BCUT2D eigenvalue weighted by molar-refractivity contribution is 7.89. The zero-order chi connectivity index (χ0) is 18.1. The van der Waals surface area contributed by atoms with Crippen LogP contribution in [0, 0.1) is 10.1 Å². The van der Waals surface area contributed by atoms with Gasteiger partial charge in [0.2, 0.25) is 15.8 Å². The van der Waals surface area contributed by atoms with Gasteiger partial charge in [-0.3, -0.25) is 14.9 Å². The smallest absolute Gasteiger partial charge is 0.335 e. The van der Waals surface area contributed by atoms with E-state index in [0.717, 1.165) is 0 Å². The van der Waals surface area contributed by atoms with Crippen molar-refractivity contribution in [3.63, 3.8) is 0 Å². The van der Waals surface area contributed by atoms with E-state index in [9.17, 15) is 28.1 Å². The van der Waals surface area contributed by atoms with E-state index in [0.29, 0.717) is 12.1 Å². The number of benzene rings is 2. The molecule has 0 heterocycles. The van der Waals surface area contributed by atoms with Gasteiger partial charge in [-0.15, -0.1) is 0 Å². The monoisotopic (exact) mass is 350 g/mol. The summed E-state index contributed by atoms with van der Waals surface area (Å²) in [4.78, 5) is 32.9. The fourth-order valence-corrected chi connectivity index (χ4v) is 2.83. The van der Waals surface area contributed by atoms with E-state index < -0.39 is 48.4 Å². The number of hydrogen-bond donors (Lipinski definition) is 2. The topological polar surface area (TPSA) is 158 Å². The van der Waals surface area contributed by atoms with E-state index >= 15 is 0 Å². The number of sulfonamides is 1. The average molecular weight is 350 g/mol. The van der Waals surface area contributed by atoms with E-state index in [-0.39, 0.29) is 5.56 Å². The molecule has 0 bridgehead atoms. The van der Waals surface area contributed by atoms with E-state index in [1.165, 1.54) is 24.3 Å². The predicted molar refractivity (Wildman–Crippen MR) is 81.3 cm³/mol. The Kier molecular flexibility index (Phi) is 4.44. The summed E-state index contributed by atoms with van der Waals surface area (Å²) in [6.07, 6.45) is 0. The van der Waals surface area contributed by atoms with Gasteiger partial charge in [0.05, 0.1) is 10.5 Å². The van der Waals surface area contributed by atoms with Gasteiger partial charge in [0, 0.05) is 11.6 Å². The number of carboxylic acids is 1. The molecule has 2 aromatic rings. The maximum absolute atomic E-state index is 12.5. The molecule has 124 valence electrons. The third-order valence-electron chi connectivity index (χ3n) is 3.09. The largest absolute Gasteiger partial charge is 0.478 e. The Balaban J connectivity index is 2.89. The molecule has 0 aliphatic carbocycles. The van der Waals surface area contributed by atoms with Crippen LogP contribution in [-0.2, 0) is 10.0 Å². The zero-order valence-electron chi connectivity index (χ0n) is 11.9. The first-order chi connectivity index (χ1) is 11.1. The summed E-state index contributed by atoms with van der Waals surface area (Å²) >= 11 is 0. The van der Waals surface area contributed by atoms with Crippen molar-refractivity contribution in [1.29, 1.82) is 0 Å². The van der Waals surface area contributed by atoms with Gasteiger partial charge in [-0.2, -0.15) is 0 Å². The van der Waals surface area contributed by atoms with Crippen LogP contribution >= 0.6 is 0 Å². The third kappa shape index (κ3) is 3.29. The van der Waals surface area contributed by atoms with E-state index in [2.05, 4.69) is 0 Å². The maximum atomic E-state index is 12.5. The first-order valence-corrected chi connectivity index (χ1v) is 7.86. The molecule has 0 aliphatic rings. The molecule has 9 nitrogen and oxygen atoms in total. The maximum Gasteiger partial charge on any atom is 0.335 e. The lowest BCUT2D eigenvalue weighted by molar-refractivity contribution is -0.385. The molecule has 2 rings (SSSR count). The molecule has 10 heteroatoms. The molecule has 0 radical (unpaired) electrons. The van der Waals surface area contributed by atoms with Crippen LogP contribution in [0.3, 0.4) is 0 Å². The molecule has 0 saturated heterocycles. The lowest BCUT2D eigenvalue weighted by Crippen LogP contribution is -2.20. The van der Waals surface area contributed by atoms with Crippen molar-refractivity contribution < 1.29 is 28.0 Å². The second-order valence-corrected chi connectivity index (χ2v) is 6.20. The van der Waals surface area contributed by atoms with Gasteiger partial charge in [-0.1, -0.05) is 30.3 Å². The van der Waals surface area contributed by atoms with Crippen molar-refractivity contribution in [1.82, 2.24) is 0 Å².